The van der Waals surface area contributed by atoms with E-state index in [-0.39, 0.29) is 11.7 Å². The minimum Gasteiger partial charge on any atom is -0.493 e. The SMILES string of the molecule is COc1ccc(-c2nc(C)c(C(=O)Nc3ccc(OCC(F)(F)F)cc3)s2)cc1OC. The van der Waals surface area contributed by atoms with Gasteiger partial charge < -0.3 is 19.5 Å². The van der Waals surface area contributed by atoms with Crippen molar-refractivity contribution in [3.63, 3.8) is 0 Å². The third kappa shape index (κ3) is 5.66. The van der Waals surface area contributed by atoms with E-state index in [1.807, 2.05) is 6.07 Å². The van der Waals surface area contributed by atoms with Crippen LogP contribution in [0.25, 0.3) is 10.6 Å². The number of alkyl halides is 3. The van der Waals surface area contributed by atoms with Crippen LogP contribution in [0.5, 0.6) is 17.2 Å². The Kier molecular flexibility index (Phi) is 6.69. The first-order valence-electron chi connectivity index (χ1n) is 9.01. The third-order valence-electron chi connectivity index (χ3n) is 4.15. The molecule has 1 heterocycles. The van der Waals surface area contributed by atoms with Gasteiger partial charge in [-0.15, -0.1) is 11.3 Å². The maximum atomic E-state index is 12.7. The molecule has 0 atom stereocenters. The minimum atomic E-state index is -4.41. The number of hydrogen-bond acceptors (Lipinski definition) is 6. The zero-order valence-corrected chi connectivity index (χ0v) is 17.7. The second-order valence-electron chi connectivity index (χ2n) is 6.39. The number of hydrogen-bond donors (Lipinski definition) is 1. The van der Waals surface area contributed by atoms with E-state index in [0.717, 1.165) is 5.56 Å². The number of halogens is 3. The molecule has 0 bridgehead atoms. The second kappa shape index (κ2) is 9.25. The van der Waals surface area contributed by atoms with Gasteiger partial charge >= 0.3 is 6.18 Å². The number of ether oxygens (including phenoxy) is 3. The molecule has 0 spiro atoms. The number of aromatic nitrogens is 1. The molecule has 1 N–H and O–H groups in total. The average Bonchev–Trinajstić information content (AvgIpc) is 3.14. The maximum absolute atomic E-state index is 12.7. The third-order valence-corrected chi connectivity index (χ3v) is 5.35. The van der Waals surface area contributed by atoms with Crippen LogP contribution in [0, 0.1) is 6.92 Å². The summed E-state index contributed by atoms with van der Waals surface area (Å²) >= 11 is 1.22. The van der Waals surface area contributed by atoms with Crippen LogP contribution in [0.3, 0.4) is 0 Å². The lowest BCUT2D eigenvalue weighted by atomic mass is 10.2. The summed E-state index contributed by atoms with van der Waals surface area (Å²) in [5, 5.41) is 3.35. The van der Waals surface area contributed by atoms with Crippen LogP contribution in [0.4, 0.5) is 18.9 Å². The van der Waals surface area contributed by atoms with Gasteiger partial charge in [0.25, 0.3) is 5.91 Å². The lowest BCUT2D eigenvalue weighted by Crippen LogP contribution is -2.19. The van der Waals surface area contributed by atoms with E-state index >= 15 is 0 Å². The Morgan fingerprint density at radius 3 is 2.35 bits per heavy atom. The van der Waals surface area contributed by atoms with Gasteiger partial charge in [-0.1, -0.05) is 0 Å². The highest BCUT2D eigenvalue weighted by Gasteiger charge is 2.28. The Morgan fingerprint density at radius 2 is 1.74 bits per heavy atom. The zero-order chi connectivity index (χ0) is 22.6. The molecular formula is C21H19F3N2O4S. The fraction of sp³-hybridized carbons (Fsp3) is 0.238. The largest absolute Gasteiger partial charge is 0.493 e. The molecule has 0 unspecified atom stereocenters. The molecule has 0 saturated carbocycles. The molecule has 0 saturated heterocycles. The van der Waals surface area contributed by atoms with Crippen molar-refractivity contribution in [2.45, 2.75) is 13.1 Å². The normalized spacial score (nSPS) is 11.2. The molecule has 0 radical (unpaired) electrons. The molecule has 3 rings (SSSR count). The van der Waals surface area contributed by atoms with Crippen LogP contribution in [0.2, 0.25) is 0 Å². The Balaban J connectivity index is 1.73. The predicted molar refractivity (Wildman–Crippen MR) is 111 cm³/mol. The molecule has 31 heavy (non-hydrogen) atoms. The first-order valence-corrected chi connectivity index (χ1v) is 9.82. The lowest BCUT2D eigenvalue weighted by molar-refractivity contribution is -0.153. The Hall–Kier alpha value is -3.27. The van der Waals surface area contributed by atoms with Gasteiger partial charge in [0.2, 0.25) is 0 Å². The monoisotopic (exact) mass is 452 g/mol. The van der Waals surface area contributed by atoms with Crippen LogP contribution in [0.1, 0.15) is 15.4 Å². The summed E-state index contributed by atoms with van der Waals surface area (Å²) in [6, 6.07) is 11.0. The summed E-state index contributed by atoms with van der Waals surface area (Å²) < 4.78 is 51.9. The molecule has 2 aromatic carbocycles. The quantitative estimate of drug-likeness (QED) is 0.525. The van der Waals surface area contributed by atoms with Gasteiger partial charge in [-0.2, -0.15) is 13.2 Å². The number of benzene rings is 2. The van der Waals surface area contributed by atoms with Gasteiger partial charge in [0, 0.05) is 11.3 Å². The van der Waals surface area contributed by atoms with Gasteiger partial charge in [0.1, 0.15) is 15.6 Å². The molecule has 0 aliphatic rings. The van der Waals surface area contributed by atoms with Gasteiger partial charge in [0.15, 0.2) is 18.1 Å². The molecule has 1 amide bonds. The average molecular weight is 452 g/mol. The first kappa shape index (κ1) is 22.4. The van der Waals surface area contributed by atoms with E-state index in [4.69, 9.17) is 9.47 Å². The van der Waals surface area contributed by atoms with E-state index in [1.54, 1.807) is 26.2 Å². The number of nitrogens with zero attached hydrogens (tertiary/aromatic N) is 1. The van der Waals surface area contributed by atoms with Crippen molar-refractivity contribution >= 4 is 22.9 Å². The fourth-order valence-electron chi connectivity index (χ4n) is 2.69. The van der Waals surface area contributed by atoms with Crippen molar-refractivity contribution in [3.05, 3.63) is 53.0 Å². The molecule has 164 valence electrons. The molecule has 0 fully saturated rings. The molecule has 1 aromatic heterocycles. The number of amides is 1. The van der Waals surface area contributed by atoms with E-state index in [1.165, 1.54) is 42.7 Å². The summed E-state index contributed by atoms with van der Waals surface area (Å²) in [6.45, 7) is 0.349. The summed E-state index contributed by atoms with van der Waals surface area (Å²) in [5.41, 5.74) is 1.75. The predicted octanol–water partition coefficient (Wildman–Crippen LogP) is 5.33. The van der Waals surface area contributed by atoms with Crippen molar-refractivity contribution in [3.8, 4) is 27.8 Å². The molecular weight excluding hydrogens is 433 g/mol. The van der Waals surface area contributed by atoms with Crippen LogP contribution in [0.15, 0.2) is 42.5 Å². The number of aryl methyl sites for hydroxylation is 1. The minimum absolute atomic E-state index is 0.0556. The Bertz CT molecular complexity index is 1070. The lowest BCUT2D eigenvalue weighted by Gasteiger charge is -2.10. The van der Waals surface area contributed by atoms with Gasteiger partial charge in [-0.25, -0.2) is 4.98 Å². The van der Waals surface area contributed by atoms with Crippen molar-refractivity contribution in [2.24, 2.45) is 0 Å². The van der Waals surface area contributed by atoms with Gasteiger partial charge in [-0.3, -0.25) is 4.79 Å². The maximum Gasteiger partial charge on any atom is 0.422 e. The molecule has 10 heteroatoms. The van der Waals surface area contributed by atoms with Crippen LogP contribution < -0.4 is 19.5 Å². The van der Waals surface area contributed by atoms with Gasteiger partial charge in [-0.05, 0) is 49.4 Å². The number of nitrogens with one attached hydrogen (secondary N) is 1. The van der Waals surface area contributed by atoms with Crippen molar-refractivity contribution in [1.29, 1.82) is 0 Å². The summed E-state index contributed by atoms with van der Waals surface area (Å²) in [4.78, 5) is 17.6. The standard InChI is InChI=1S/C21H19F3N2O4S/c1-12-18(31-20(25-12)13-4-9-16(28-2)17(10-13)29-3)19(27)26-14-5-7-15(8-6-14)30-11-21(22,23)24/h4-10H,11H2,1-3H3,(H,26,27). The number of methoxy groups -OCH3 is 2. The molecule has 6 nitrogen and oxygen atoms in total. The smallest absolute Gasteiger partial charge is 0.422 e. The van der Waals surface area contributed by atoms with E-state index in [0.29, 0.717) is 32.8 Å². The first-order chi connectivity index (χ1) is 14.7. The zero-order valence-electron chi connectivity index (χ0n) is 16.9. The number of carbonyl (C=O) groups excluding carboxylic acids is 1. The van der Waals surface area contributed by atoms with Crippen LogP contribution in [-0.4, -0.2) is 37.9 Å². The highest BCUT2D eigenvalue weighted by Crippen LogP contribution is 2.35. The topological polar surface area (TPSA) is 69.7 Å². The number of rotatable bonds is 7. The second-order valence-corrected chi connectivity index (χ2v) is 7.38. The summed E-state index contributed by atoms with van der Waals surface area (Å²) in [7, 11) is 3.08. The number of carbonyl (C=O) groups is 1. The molecule has 0 aliphatic heterocycles. The highest BCUT2D eigenvalue weighted by atomic mass is 32.1. The van der Waals surface area contributed by atoms with Gasteiger partial charge in [0.05, 0.1) is 19.9 Å². The number of thiazole rings is 1. The van der Waals surface area contributed by atoms with E-state index in [2.05, 4.69) is 15.0 Å². The summed E-state index contributed by atoms with van der Waals surface area (Å²) in [5.74, 6) is 0.817. The summed E-state index contributed by atoms with van der Waals surface area (Å²) in [6.07, 6.45) is -4.41. The van der Waals surface area contributed by atoms with Crippen molar-refractivity contribution in [2.75, 3.05) is 26.1 Å². The van der Waals surface area contributed by atoms with Crippen molar-refractivity contribution in [1.82, 2.24) is 4.98 Å². The molecule has 0 aliphatic carbocycles. The van der Waals surface area contributed by atoms with E-state index < -0.39 is 12.8 Å². The van der Waals surface area contributed by atoms with E-state index in [9.17, 15) is 18.0 Å². The number of anilines is 1. The Morgan fingerprint density at radius 1 is 1.06 bits per heavy atom. The van der Waals surface area contributed by atoms with Crippen LogP contribution >= 0.6 is 11.3 Å². The molecule has 3 aromatic rings. The van der Waals surface area contributed by atoms with Crippen LogP contribution in [-0.2, 0) is 0 Å². The van der Waals surface area contributed by atoms with Crippen molar-refractivity contribution < 1.29 is 32.2 Å². The Labute approximate surface area is 180 Å². The highest BCUT2D eigenvalue weighted by molar-refractivity contribution is 7.17. The fourth-order valence-corrected chi connectivity index (χ4v) is 3.65.